The third kappa shape index (κ3) is 4.20. The molecule has 0 fully saturated rings. The molecule has 1 N–H and O–H groups in total. The van der Waals surface area contributed by atoms with Gasteiger partial charge in [0.2, 0.25) is 10.0 Å². The van der Waals surface area contributed by atoms with Crippen LogP contribution >= 0.6 is 0 Å². The van der Waals surface area contributed by atoms with Gasteiger partial charge in [0.1, 0.15) is 0 Å². The van der Waals surface area contributed by atoms with Gasteiger partial charge in [0.25, 0.3) is 5.91 Å². The molecule has 2 aromatic carbocycles. The van der Waals surface area contributed by atoms with Crippen molar-refractivity contribution in [2.45, 2.75) is 50.6 Å². The monoisotopic (exact) mass is 452 g/mol. The van der Waals surface area contributed by atoms with Crippen LogP contribution in [0.2, 0.25) is 0 Å². The minimum Gasteiger partial charge on any atom is -0.346 e. The number of carbonyl (C=O) groups is 1. The number of benzene rings is 2. The summed E-state index contributed by atoms with van der Waals surface area (Å²) in [4.78, 5) is 12.9. The first kappa shape index (κ1) is 22.2. The van der Waals surface area contributed by atoms with E-state index >= 15 is 0 Å². The highest BCUT2D eigenvalue weighted by molar-refractivity contribution is 7.89. The molecule has 1 heterocycles. The quantitative estimate of drug-likeness (QED) is 0.596. The number of aromatic nitrogens is 2. The number of para-hydroxylation sites is 1. The summed E-state index contributed by atoms with van der Waals surface area (Å²) >= 11 is 0. The highest BCUT2D eigenvalue weighted by atomic mass is 32.2. The van der Waals surface area contributed by atoms with E-state index in [2.05, 4.69) is 5.32 Å². The lowest BCUT2D eigenvalue weighted by Crippen LogP contribution is -2.33. The number of sulfonamides is 1. The highest BCUT2D eigenvalue weighted by Gasteiger charge is 2.25. The van der Waals surface area contributed by atoms with Gasteiger partial charge in [-0.1, -0.05) is 24.3 Å². The number of hydrogen-bond donors (Lipinski definition) is 1. The average Bonchev–Trinajstić information content (AvgIpc) is 3.41. The van der Waals surface area contributed by atoms with Crippen LogP contribution in [0.1, 0.15) is 47.6 Å². The Morgan fingerprint density at radius 3 is 2.59 bits per heavy atom. The van der Waals surface area contributed by atoms with Crippen molar-refractivity contribution in [1.82, 2.24) is 19.4 Å². The summed E-state index contributed by atoms with van der Waals surface area (Å²) in [5, 5.41) is 7.68. The standard InChI is InChI=1S/C24H28N4O3S/c1-17(2)27(3)32(30,31)20-12-7-9-18(15-20)24(29)25-16-22-21-13-8-14-23(21)28(26-22)19-10-5-4-6-11-19/h4-7,9-12,15,17H,8,13-14,16H2,1-3H3,(H,25,29). The Morgan fingerprint density at radius 1 is 1.12 bits per heavy atom. The molecular weight excluding hydrogens is 424 g/mol. The van der Waals surface area contributed by atoms with Gasteiger partial charge < -0.3 is 5.32 Å². The maximum absolute atomic E-state index is 12.8. The maximum atomic E-state index is 12.8. The Labute approximate surface area is 189 Å². The van der Waals surface area contributed by atoms with Gasteiger partial charge in [-0.25, -0.2) is 13.1 Å². The summed E-state index contributed by atoms with van der Waals surface area (Å²) in [6, 6.07) is 16.0. The molecule has 32 heavy (non-hydrogen) atoms. The van der Waals surface area contributed by atoms with Gasteiger partial charge >= 0.3 is 0 Å². The second-order valence-electron chi connectivity index (χ2n) is 8.30. The van der Waals surface area contributed by atoms with E-state index in [1.54, 1.807) is 26.0 Å². The number of amides is 1. The van der Waals surface area contributed by atoms with Crippen molar-refractivity contribution < 1.29 is 13.2 Å². The molecule has 1 aliphatic rings. The molecule has 8 heteroatoms. The third-order valence-corrected chi connectivity index (χ3v) is 7.96. The van der Waals surface area contributed by atoms with E-state index in [4.69, 9.17) is 5.10 Å². The summed E-state index contributed by atoms with van der Waals surface area (Å²) in [7, 11) is -2.12. The van der Waals surface area contributed by atoms with Crippen LogP contribution < -0.4 is 5.32 Å². The van der Waals surface area contributed by atoms with Crippen LogP contribution in [-0.4, -0.2) is 41.5 Å². The fourth-order valence-corrected chi connectivity index (χ4v) is 5.36. The summed E-state index contributed by atoms with van der Waals surface area (Å²) in [6.07, 6.45) is 2.99. The predicted octanol–water partition coefficient (Wildman–Crippen LogP) is 3.32. The smallest absolute Gasteiger partial charge is 0.251 e. The molecule has 0 spiro atoms. The van der Waals surface area contributed by atoms with Crippen LogP contribution in [0, 0.1) is 0 Å². The Balaban J connectivity index is 1.53. The minimum atomic E-state index is -3.66. The van der Waals surface area contributed by atoms with Crippen molar-refractivity contribution in [1.29, 1.82) is 0 Å². The molecule has 1 amide bonds. The van der Waals surface area contributed by atoms with E-state index in [0.29, 0.717) is 12.1 Å². The fourth-order valence-electron chi connectivity index (χ4n) is 3.95. The topological polar surface area (TPSA) is 84.3 Å². The van der Waals surface area contributed by atoms with Gasteiger partial charge in [-0.05, 0) is 69.0 Å². The largest absolute Gasteiger partial charge is 0.346 e. The molecule has 4 rings (SSSR count). The van der Waals surface area contributed by atoms with E-state index in [9.17, 15) is 13.2 Å². The summed E-state index contributed by atoms with van der Waals surface area (Å²) < 4.78 is 28.8. The minimum absolute atomic E-state index is 0.107. The van der Waals surface area contributed by atoms with Crippen LogP contribution in [0.5, 0.6) is 0 Å². The normalized spacial score (nSPS) is 13.5. The van der Waals surface area contributed by atoms with E-state index in [1.165, 1.54) is 34.7 Å². The van der Waals surface area contributed by atoms with Crippen molar-refractivity contribution in [2.75, 3.05) is 7.05 Å². The lowest BCUT2D eigenvalue weighted by atomic mass is 10.2. The first-order chi connectivity index (χ1) is 15.3. The van der Waals surface area contributed by atoms with Crippen LogP contribution in [0.15, 0.2) is 59.5 Å². The van der Waals surface area contributed by atoms with Gasteiger partial charge in [-0.15, -0.1) is 0 Å². The lowest BCUT2D eigenvalue weighted by Gasteiger charge is -2.21. The SMILES string of the molecule is CC(C)N(C)S(=O)(=O)c1cccc(C(=O)NCc2nn(-c3ccccc3)c3c2CCC3)c1. The summed E-state index contributed by atoms with van der Waals surface area (Å²) in [5.41, 5.74) is 4.57. The molecule has 0 bridgehead atoms. The zero-order valence-electron chi connectivity index (χ0n) is 18.6. The van der Waals surface area contributed by atoms with Gasteiger partial charge in [0.15, 0.2) is 0 Å². The molecule has 0 unspecified atom stereocenters. The second-order valence-corrected chi connectivity index (χ2v) is 10.3. The van der Waals surface area contributed by atoms with Gasteiger partial charge in [-0.2, -0.15) is 9.40 Å². The molecular formula is C24H28N4O3S. The molecule has 3 aromatic rings. The Kier molecular flexibility index (Phi) is 6.17. The molecule has 7 nitrogen and oxygen atoms in total. The summed E-state index contributed by atoms with van der Waals surface area (Å²) in [6.45, 7) is 3.91. The first-order valence-electron chi connectivity index (χ1n) is 10.8. The van der Waals surface area contributed by atoms with Crippen molar-refractivity contribution >= 4 is 15.9 Å². The molecule has 0 atom stereocenters. The third-order valence-electron chi connectivity index (χ3n) is 5.93. The fraction of sp³-hybridized carbons (Fsp3) is 0.333. The van der Waals surface area contributed by atoms with Crippen molar-refractivity contribution in [3.63, 3.8) is 0 Å². The molecule has 1 aromatic heterocycles. The van der Waals surface area contributed by atoms with Crippen LogP contribution in [0.25, 0.3) is 5.69 Å². The average molecular weight is 453 g/mol. The molecule has 1 aliphatic carbocycles. The van der Waals surface area contributed by atoms with E-state index in [-0.39, 0.29) is 16.8 Å². The highest BCUT2D eigenvalue weighted by Crippen LogP contribution is 2.28. The predicted molar refractivity (Wildman–Crippen MR) is 123 cm³/mol. The number of rotatable bonds is 7. The molecule has 0 saturated heterocycles. The van der Waals surface area contributed by atoms with Crippen molar-refractivity contribution in [2.24, 2.45) is 0 Å². The zero-order valence-corrected chi connectivity index (χ0v) is 19.4. The van der Waals surface area contributed by atoms with E-state index < -0.39 is 10.0 Å². The number of fused-ring (bicyclic) bond motifs is 1. The van der Waals surface area contributed by atoms with Gasteiger partial charge in [0.05, 0.1) is 22.8 Å². The number of carbonyl (C=O) groups excluding carboxylic acids is 1. The Bertz CT molecular complexity index is 1230. The first-order valence-corrected chi connectivity index (χ1v) is 12.2. The summed E-state index contributed by atoms with van der Waals surface area (Å²) in [5.74, 6) is -0.324. The van der Waals surface area contributed by atoms with Gasteiger partial charge in [-0.3, -0.25) is 4.79 Å². The lowest BCUT2D eigenvalue weighted by molar-refractivity contribution is 0.0950. The second kappa shape index (κ2) is 8.88. The maximum Gasteiger partial charge on any atom is 0.251 e. The van der Waals surface area contributed by atoms with Crippen LogP contribution in [-0.2, 0) is 29.4 Å². The Morgan fingerprint density at radius 2 is 1.88 bits per heavy atom. The molecule has 0 aliphatic heterocycles. The number of nitrogens with one attached hydrogen (secondary N) is 1. The molecule has 168 valence electrons. The van der Waals surface area contributed by atoms with Crippen LogP contribution in [0.3, 0.4) is 0 Å². The van der Waals surface area contributed by atoms with Gasteiger partial charge in [0, 0.05) is 24.3 Å². The molecule has 0 saturated carbocycles. The Hall–Kier alpha value is -2.97. The van der Waals surface area contributed by atoms with E-state index in [1.807, 2.05) is 35.0 Å². The van der Waals surface area contributed by atoms with Crippen molar-refractivity contribution in [3.05, 3.63) is 77.1 Å². The van der Waals surface area contributed by atoms with E-state index in [0.717, 1.165) is 30.6 Å². The number of hydrogen-bond acceptors (Lipinski definition) is 4. The van der Waals surface area contributed by atoms with Crippen LogP contribution in [0.4, 0.5) is 0 Å². The van der Waals surface area contributed by atoms with Crippen molar-refractivity contribution in [3.8, 4) is 5.69 Å². The number of nitrogens with zero attached hydrogens (tertiary/aromatic N) is 3. The zero-order chi connectivity index (χ0) is 22.9. The molecule has 0 radical (unpaired) electrons.